The maximum atomic E-state index is 12.8. The van der Waals surface area contributed by atoms with E-state index in [-0.39, 0.29) is 24.4 Å². The Morgan fingerprint density at radius 2 is 1.90 bits per heavy atom. The molecule has 0 aliphatic carbocycles. The lowest BCUT2D eigenvalue weighted by Crippen LogP contribution is -2.27. The number of nitrogens with zero attached hydrogens (tertiary/aromatic N) is 3. The number of halogens is 1. The molecule has 2 aromatic heterocycles. The Labute approximate surface area is 176 Å². The Morgan fingerprint density at radius 1 is 1.24 bits per heavy atom. The lowest BCUT2D eigenvalue weighted by molar-refractivity contribution is 0.0376. The summed E-state index contributed by atoms with van der Waals surface area (Å²) in [7, 11) is 1.76. The fourth-order valence-corrected chi connectivity index (χ4v) is 3.49. The van der Waals surface area contributed by atoms with Crippen molar-refractivity contribution in [2.24, 2.45) is 7.05 Å². The van der Waals surface area contributed by atoms with Gasteiger partial charge in [-0.05, 0) is 59.2 Å². The van der Waals surface area contributed by atoms with Crippen LogP contribution in [0.25, 0.3) is 0 Å². The van der Waals surface area contributed by atoms with Crippen molar-refractivity contribution in [1.29, 1.82) is 0 Å². The molecule has 1 amide bonds. The minimum atomic E-state index is -0.438. The highest BCUT2D eigenvalue weighted by atomic mass is 35.5. The number of piperidine rings is 1. The minimum absolute atomic E-state index is 0. The number of amides is 1. The second-order valence-corrected chi connectivity index (χ2v) is 7.47. The number of esters is 1. The number of nitrogens with one attached hydrogen (secondary N) is 3. The van der Waals surface area contributed by atoms with E-state index in [9.17, 15) is 9.59 Å². The number of H-pyrrole nitrogens is 1. The van der Waals surface area contributed by atoms with Crippen LogP contribution >= 0.6 is 12.4 Å². The van der Waals surface area contributed by atoms with Crippen LogP contribution in [0.3, 0.4) is 0 Å². The summed E-state index contributed by atoms with van der Waals surface area (Å²) >= 11 is 0. The third-order valence-corrected chi connectivity index (χ3v) is 4.92. The zero-order valence-corrected chi connectivity index (χ0v) is 18.3. The van der Waals surface area contributed by atoms with Crippen LogP contribution in [0.15, 0.2) is 0 Å². The van der Waals surface area contributed by atoms with Gasteiger partial charge in [0.25, 0.3) is 5.91 Å². The normalized spacial score (nSPS) is 14.6. The van der Waals surface area contributed by atoms with Crippen molar-refractivity contribution in [3.05, 3.63) is 28.3 Å². The van der Waals surface area contributed by atoms with Gasteiger partial charge in [0, 0.05) is 18.7 Å². The van der Waals surface area contributed by atoms with Crippen molar-refractivity contribution in [3.8, 4) is 0 Å². The van der Waals surface area contributed by atoms with E-state index >= 15 is 0 Å². The number of aromatic nitrogens is 4. The van der Waals surface area contributed by atoms with Gasteiger partial charge >= 0.3 is 5.97 Å². The molecule has 0 unspecified atom stereocenters. The van der Waals surface area contributed by atoms with Crippen LogP contribution in [0.4, 0.5) is 5.95 Å². The van der Waals surface area contributed by atoms with Crippen LogP contribution in [0.2, 0.25) is 0 Å². The topological polar surface area (TPSA) is 114 Å². The Kier molecular flexibility index (Phi) is 7.43. The van der Waals surface area contributed by atoms with Gasteiger partial charge in [-0.1, -0.05) is 0 Å². The van der Waals surface area contributed by atoms with Crippen molar-refractivity contribution < 1.29 is 14.3 Å². The van der Waals surface area contributed by atoms with Crippen LogP contribution in [0.5, 0.6) is 0 Å². The summed E-state index contributed by atoms with van der Waals surface area (Å²) in [4.78, 5) is 32.6. The van der Waals surface area contributed by atoms with E-state index in [4.69, 9.17) is 4.74 Å². The van der Waals surface area contributed by atoms with Gasteiger partial charge in [0.1, 0.15) is 5.69 Å². The Hall–Kier alpha value is -2.39. The number of rotatable bonds is 5. The summed E-state index contributed by atoms with van der Waals surface area (Å²) in [6, 6.07) is 0. The van der Waals surface area contributed by atoms with E-state index in [0.29, 0.717) is 34.4 Å². The van der Waals surface area contributed by atoms with Crippen molar-refractivity contribution >= 4 is 30.2 Å². The van der Waals surface area contributed by atoms with Crippen LogP contribution in [-0.4, -0.2) is 50.8 Å². The predicted molar refractivity (Wildman–Crippen MR) is 112 cm³/mol. The largest absolute Gasteiger partial charge is 0.459 e. The molecule has 3 rings (SSSR count). The second kappa shape index (κ2) is 9.41. The number of hydrogen-bond acceptors (Lipinski definition) is 6. The molecule has 0 atom stereocenters. The first-order valence-electron chi connectivity index (χ1n) is 9.61. The van der Waals surface area contributed by atoms with E-state index < -0.39 is 5.97 Å². The lowest BCUT2D eigenvalue weighted by atomic mass is 9.98. The maximum absolute atomic E-state index is 12.8. The van der Waals surface area contributed by atoms with Crippen LogP contribution < -0.4 is 10.6 Å². The average molecular weight is 425 g/mol. The molecule has 0 aromatic carbocycles. The van der Waals surface area contributed by atoms with Crippen LogP contribution in [-0.2, 0) is 11.8 Å². The molecule has 0 saturated carbocycles. The number of aromatic amines is 1. The summed E-state index contributed by atoms with van der Waals surface area (Å²) in [5.41, 5.74) is 1.87. The molecule has 10 heteroatoms. The molecule has 1 fully saturated rings. The molecular formula is C19H29ClN6O3. The highest BCUT2D eigenvalue weighted by molar-refractivity contribution is 6.06. The maximum Gasteiger partial charge on any atom is 0.340 e. The summed E-state index contributed by atoms with van der Waals surface area (Å²) in [5, 5.41) is 10.6. The molecule has 0 spiro atoms. The standard InChI is InChI=1S/C19H28N6O3.ClH/c1-10(2)28-18(27)14-11(3)15(21-12(14)4)17(26)23-19-22-16(24-25(19)5)13-6-8-20-9-7-13;/h10,13,20-21H,6-9H2,1-5H3,(H,22,23,24,26);1H. The Morgan fingerprint density at radius 3 is 2.52 bits per heavy atom. The lowest BCUT2D eigenvalue weighted by Gasteiger charge is -2.19. The van der Waals surface area contributed by atoms with Gasteiger partial charge in [0.15, 0.2) is 5.82 Å². The summed E-state index contributed by atoms with van der Waals surface area (Å²) < 4.78 is 6.85. The third kappa shape index (κ3) is 4.97. The van der Waals surface area contributed by atoms with E-state index in [2.05, 4.69) is 25.7 Å². The van der Waals surface area contributed by atoms with Crippen molar-refractivity contribution in [1.82, 2.24) is 25.1 Å². The molecule has 3 heterocycles. The minimum Gasteiger partial charge on any atom is -0.459 e. The highest BCUT2D eigenvalue weighted by Gasteiger charge is 2.25. The summed E-state index contributed by atoms with van der Waals surface area (Å²) in [6.07, 6.45) is 1.73. The van der Waals surface area contributed by atoms with E-state index in [1.807, 2.05) is 0 Å². The van der Waals surface area contributed by atoms with Gasteiger partial charge in [-0.25, -0.2) is 9.48 Å². The van der Waals surface area contributed by atoms with Gasteiger partial charge in [-0.15, -0.1) is 12.4 Å². The fourth-order valence-electron chi connectivity index (χ4n) is 3.49. The molecule has 0 bridgehead atoms. The zero-order chi connectivity index (χ0) is 20.4. The molecule has 2 aromatic rings. The van der Waals surface area contributed by atoms with Gasteiger partial charge in [0.05, 0.1) is 11.7 Å². The van der Waals surface area contributed by atoms with Gasteiger partial charge < -0.3 is 15.0 Å². The number of ether oxygens (including phenoxy) is 1. The van der Waals surface area contributed by atoms with Gasteiger partial charge in [-0.3, -0.25) is 10.1 Å². The van der Waals surface area contributed by atoms with Crippen molar-refractivity contribution in [3.63, 3.8) is 0 Å². The van der Waals surface area contributed by atoms with Gasteiger partial charge in [0.2, 0.25) is 5.95 Å². The summed E-state index contributed by atoms with van der Waals surface area (Å²) in [6.45, 7) is 8.94. The molecule has 1 aliphatic heterocycles. The molecule has 1 saturated heterocycles. The third-order valence-electron chi connectivity index (χ3n) is 4.92. The first-order chi connectivity index (χ1) is 13.3. The predicted octanol–water partition coefficient (Wildman–Crippen LogP) is 2.47. The second-order valence-electron chi connectivity index (χ2n) is 7.47. The SMILES string of the molecule is Cc1[nH]c(C(=O)Nc2nc(C3CCNCC3)nn2C)c(C)c1C(=O)OC(C)C.Cl. The van der Waals surface area contributed by atoms with Crippen molar-refractivity contribution in [2.75, 3.05) is 18.4 Å². The monoisotopic (exact) mass is 424 g/mol. The molecule has 160 valence electrons. The molecule has 1 aliphatic rings. The van der Waals surface area contributed by atoms with Crippen molar-refractivity contribution in [2.45, 2.75) is 52.6 Å². The average Bonchev–Trinajstić information content (AvgIpc) is 3.14. The summed E-state index contributed by atoms with van der Waals surface area (Å²) in [5.74, 6) is 0.630. The first kappa shape index (κ1) is 22.9. The number of hydrogen-bond donors (Lipinski definition) is 3. The molecule has 29 heavy (non-hydrogen) atoms. The van der Waals surface area contributed by atoms with E-state index in [1.165, 1.54) is 0 Å². The molecule has 3 N–H and O–H groups in total. The quantitative estimate of drug-likeness (QED) is 0.635. The van der Waals surface area contributed by atoms with E-state index in [0.717, 1.165) is 31.8 Å². The zero-order valence-electron chi connectivity index (χ0n) is 17.5. The fraction of sp³-hybridized carbons (Fsp3) is 0.579. The Balaban J connectivity index is 0.00000300. The number of anilines is 1. The first-order valence-corrected chi connectivity index (χ1v) is 9.61. The van der Waals surface area contributed by atoms with Crippen LogP contribution in [0.1, 0.15) is 70.5 Å². The highest BCUT2D eigenvalue weighted by Crippen LogP contribution is 2.24. The van der Waals surface area contributed by atoms with Gasteiger partial charge in [-0.2, -0.15) is 10.1 Å². The Bertz CT molecular complexity index is 883. The number of carbonyl (C=O) groups excluding carboxylic acids is 2. The number of aryl methyl sites for hydroxylation is 2. The molecule has 0 radical (unpaired) electrons. The van der Waals surface area contributed by atoms with Crippen LogP contribution in [0, 0.1) is 13.8 Å². The smallest absolute Gasteiger partial charge is 0.340 e. The molecular weight excluding hydrogens is 396 g/mol. The van der Waals surface area contributed by atoms with E-state index in [1.54, 1.807) is 39.4 Å². The molecule has 9 nitrogen and oxygen atoms in total. The number of carbonyl (C=O) groups is 2.